The third kappa shape index (κ3) is 3.98. The van der Waals surface area contributed by atoms with Crippen molar-refractivity contribution in [3.8, 4) is 22.5 Å². The Morgan fingerprint density at radius 3 is 2.13 bits per heavy atom. The molecule has 0 atom stereocenters. The average molecular weight is 412 g/mol. The highest BCUT2D eigenvalue weighted by molar-refractivity contribution is 5.94. The number of nitrogens with two attached hydrogens (primary N) is 1. The van der Waals surface area contributed by atoms with Crippen LogP contribution in [0.2, 0.25) is 0 Å². The number of hydrogen-bond acceptors (Lipinski definition) is 4. The average Bonchev–Trinajstić information content (AvgIpc) is 3.28. The van der Waals surface area contributed by atoms with E-state index in [1.54, 1.807) is 24.3 Å². The molecular weight excluding hydrogens is 393 g/mol. The van der Waals surface area contributed by atoms with E-state index in [-0.39, 0.29) is 11.7 Å². The second-order valence-corrected chi connectivity index (χ2v) is 7.14. The lowest BCUT2D eigenvalue weighted by atomic mass is 10.1. The molecule has 5 nitrogen and oxygen atoms in total. The van der Waals surface area contributed by atoms with Crippen LogP contribution in [0.5, 0.6) is 0 Å². The number of rotatable bonds is 3. The van der Waals surface area contributed by atoms with E-state index in [1.807, 2.05) is 4.90 Å². The van der Waals surface area contributed by atoms with Crippen LogP contribution in [0.3, 0.4) is 0 Å². The van der Waals surface area contributed by atoms with E-state index in [2.05, 4.69) is 9.97 Å². The minimum Gasteiger partial charge on any atom is -0.382 e. The van der Waals surface area contributed by atoms with Gasteiger partial charge in [0.2, 0.25) is 0 Å². The topological polar surface area (TPSA) is 72.1 Å². The molecule has 0 radical (unpaired) electrons. The van der Waals surface area contributed by atoms with Gasteiger partial charge >= 0.3 is 6.18 Å². The molecule has 2 heterocycles. The lowest BCUT2D eigenvalue weighted by Crippen LogP contribution is -2.27. The Labute approximate surface area is 171 Å². The van der Waals surface area contributed by atoms with Gasteiger partial charge in [-0.15, -0.1) is 0 Å². The number of alkyl halides is 3. The molecule has 0 saturated carbocycles. The third-order valence-corrected chi connectivity index (χ3v) is 5.11. The Morgan fingerprint density at radius 2 is 1.53 bits per heavy atom. The number of nitrogen functional groups attached to an aromatic ring is 1. The van der Waals surface area contributed by atoms with Gasteiger partial charge in [-0.2, -0.15) is 13.2 Å². The Morgan fingerprint density at radius 1 is 0.933 bits per heavy atom. The molecular formula is C22H19F3N4O. The van der Waals surface area contributed by atoms with Crippen LogP contribution >= 0.6 is 0 Å². The summed E-state index contributed by atoms with van der Waals surface area (Å²) in [4.78, 5) is 22.9. The van der Waals surface area contributed by atoms with Crippen LogP contribution in [0.4, 0.5) is 19.0 Å². The van der Waals surface area contributed by atoms with Gasteiger partial charge in [0, 0.05) is 29.8 Å². The summed E-state index contributed by atoms with van der Waals surface area (Å²) >= 11 is 0. The summed E-state index contributed by atoms with van der Waals surface area (Å²) in [6, 6.07) is 11.7. The van der Waals surface area contributed by atoms with Crippen molar-refractivity contribution in [1.82, 2.24) is 14.9 Å². The van der Waals surface area contributed by atoms with Crippen molar-refractivity contribution in [2.75, 3.05) is 18.8 Å². The molecule has 0 spiro atoms. The number of likely N-dealkylation sites (tertiary alicyclic amines) is 1. The molecule has 1 aromatic heterocycles. The van der Waals surface area contributed by atoms with Gasteiger partial charge in [0.1, 0.15) is 11.5 Å². The first-order valence-corrected chi connectivity index (χ1v) is 9.53. The van der Waals surface area contributed by atoms with Crippen LogP contribution in [0.15, 0.2) is 54.7 Å². The van der Waals surface area contributed by atoms with Crippen LogP contribution in [0, 0.1) is 0 Å². The van der Waals surface area contributed by atoms with Gasteiger partial charge in [-0.25, -0.2) is 9.97 Å². The lowest BCUT2D eigenvalue weighted by molar-refractivity contribution is -0.137. The van der Waals surface area contributed by atoms with Gasteiger partial charge in [0.15, 0.2) is 0 Å². The van der Waals surface area contributed by atoms with E-state index in [0.29, 0.717) is 22.5 Å². The SMILES string of the molecule is Nc1ncc(-c2ccc(C(=O)N3CCCC3)cc2)nc1-c1ccc(C(F)(F)F)cc1. The smallest absolute Gasteiger partial charge is 0.382 e. The first-order valence-electron chi connectivity index (χ1n) is 9.53. The van der Waals surface area contributed by atoms with Gasteiger partial charge in [-0.05, 0) is 37.1 Å². The molecule has 8 heteroatoms. The Balaban J connectivity index is 1.61. The molecule has 1 fully saturated rings. The number of nitrogens with zero attached hydrogens (tertiary/aromatic N) is 3. The van der Waals surface area contributed by atoms with Crippen LogP contribution in [-0.4, -0.2) is 33.9 Å². The zero-order chi connectivity index (χ0) is 21.3. The molecule has 1 aliphatic heterocycles. The van der Waals surface area contributed by atoms with Crippen molar-refractivity contribution in [2.45, 2.75) is 19.0 Å². The van der Waals surface area contributed by atoms with Crippen LogP contribution in [0.25, 0.3) is 22.5 Å². The summed E-state index contributed by atoms with van der Waals surface area (Å²) in [5, 5.41) is 0. The second-order valence-electron chi connectivity index (χ2n) is 7.14. The largest absolute Gasteiger partial charge is 0.416 e. The summed E-state index contributed by atoms with van der Waals surface area (Å²) in [6.45, 7) is 1.56. The minimum absolute atomic E-state index is 0.00730. The predicted molar refractivity (Wildman–Crippen MR) is 107 cm³/mol. The van der Waals surface area contributed by atoms with Gasteiger partial charge in [-0.3, -0.25) is 4.79 Å². The monoisotopic (exact) mass is 412 g/mol. The molecule has 154 valence electrons. The molecule has 3 aromatic rings. The number of amides is 1. The Kier molecular flexibility index (Phi) is 5.15. The van der Waals surface area contributed by atoms with Crippen molar-refractivity contribution in [3.63, 3.8) is 0 Å². The molecule has 0 unspecified atom stereocenters. The molecule has 2 N–H and O–H groups in total. The molecule has 0 aliphatic carbocycles. The first-order chi connectivity index (χ1) is 14.3. The van der Waals surface area contributed by atoms with Crippen LogP contribution < -0.4 is 5.73 Å². The van der Waals surface area contributed by atoms with Crippen molar-refractivity contribution in [3.05, 3.63) is 65.9 Å². The van der Waals surface area contributed by atoms with E-state index in [0.717, 1.165) is 43.6 Å². The molecule has 1 aliphatic rings. The van der Waals surface area contributed by atoms with E-state index < -0.39 is 11.7 Å². The van der Waals surface area contributed by atoms with Gasteiger partial charge in [0.05, 0.1) is 17.5 Å². The van der Waals surface area contributed by atoms with E-state index in [9.17, 15) is 18.0 Å². The summed E-state index contributed by atoms with van der Waals surface area (Å²) in [6.07, 6.45) is -0.860. The molecule has 1 amide bonds. The predicted octanol–water partition coefficient (Wildman–Crippen LogP) is 4.65. The van der Waals surface area contributed by atoms with Crippen molar-refractivity contribution in [1.29, 1.82) is 0 Å². The maximum Gasteiger partial charge on any atom is 0.416 e. The number of carbonyl (C=O) groups excluding carboxylic acids is 1. The Hall–Kier alpha value is -3.42. The van der Waals surface area contributed by atoms with Crippen LogP contribution in [0.1, 0.15) is 28.8 Å². The number of benzene rings is 2. The molecule has 1 saturated heterocycles. The summed E-state index contributed by atoms with van der Waals surface area (Å²) in [7, 11) is 0. The number of hydrogen-bond donors (Lipinski definition) is 1. The summed E-state index contributed by atoms with van der Waals surface area (Å²) < 4.78 is 38.4. The maximum absolute atomic E-state index is 12.8. The summed E-state index contributed by atoms with van der Waals surface area (Å²) in [5.41, 5.74) is 7.76. The van der Waals surface area contributed by atoms with Crippen molar-refractivity contribution >= 4 is 11.7 Å². The number of anilines is 1. The normalized spacial score (nSPS) is 14.2. The molecule has 2 aromatic carbocycles. The van der Waals surface area contributed by atoms with Crippen molar-refractivity contribution < 1.29 is 18.0 Å². The number of aromatic nitrogens is 2. The van der Waals surface area contributed by atoms with E-state index >= 15 is 0 Å². The quantitative estimate of drug-likeness (QED) is 0.680. The minimum atomic E-state index is -4.41. The molecule has 0 bridgehead atoms. The zero-order valence-corrected chi connectivity index (χ0v) is 16.0. The second kappa shape index (κ2) is 7.78. The first kappa shape index (κ1) is 19.9. The fourth-order valence-electron chi connectivity index (χ4n) is 3.45. The zero-order valence-electron chi connectivity index (χ0n) is 16.0. The maximum atomic E-state index is 12.8. The highest BCUT2D eigenvalue weighted by Gasteiger charge is 2.30. The number of carbonyl (C=O) groups is 1. The van der Waals surface area contributed by atoms with Crippen LogP contribution in [-0.2, 0) is 6.18 Å². The van der Waals surface area contributed by atoms with Crippen molar-refractivity contribution in [2.24, 2.45) is 0 Å². The van der Waals surface area contributed by atoms with E-state index in [1.165, 1.54) is 18.3 Å². The highest BCUT2D eigenvalue weighted by atomic mass is 19.4. The molecule has 4 rings (SSSR count). The lowest BCUT2D eigenvalue weighted by Gasteiger charge is -2.15. The van der Waals surface area contributed by atoms with E-state index in [4.69, 9.17) is 5.73 Å². The van der Waals surface area contributed by atoms with Gasteiger partial charge in [0.25, 0.3) is 5.91 Å². The fourth-order valence-corrected chi connectivity index (χ4v) is 3.45. The standard InChI is InChI=1S/C22H19F3N4O/c23-22(24,25)17-9-7-15(8-10-17)19-20(26)27-13-18(28-19)14-3-5-16(6-4-14)21(30)29-11-1-2-12-29/h3-10,13H,1-2,11-12H2,(H2,26,27). The number of halogens is 3. The van der Waals surface area contributed by atoms with Gasteiger partial charge < -0.3 is 10.6 Å². The third-order valence-electron chi connectivity index (χ3n) is 5.11. The molecule has 30 heavy (non-hydrogen) atoms. The fraction of sp³-hybridized carbons (Fsp3) is 0.227. The highest BCUT2D eigenvalue weighted by Crippen LogP contribution is 2.32. The van der Waals surface area contributed by atoms with Gasteiger partial charge in [-0.1, -0.05) is 24.3 Å². The summed E-state index contributed by atoms with van der Waals surface area (Å²) in [5.74, 6) is 0.132. The Bertz CT molecular complexity index is 1060.